The highest BCUT2D eigenvalue weighted by Gasteiger charge is 2.24. The molecule has 2 rings (SSSR count). The molecule has 1 saturated carbocycles. The lowest BCUT2D eigenvalue weighted by Crippen LogP contribution is -2.36. The van der Waals surface area contributed by atoms with Crippen LogP contribution in [0.1, 0.15) is 26.2 Å². The Kier molecular flexibility index (Phi) is 5.03. The van der Waals surface area contributed by atoms with E-state index in [1.54, 1.807) is 24.3 Å². The van der Waals surface area contributed by atoms with E-state index in [-0.39, 0.29) is 12.1 Å². The van der Waals surface area contributed by atoms with Gasteiger partial charge in [-0.15, -0.1) is 0 Å². The summed E-state index contributed by atoms with van der Waals surface area (Å²) in [4.78, 5) is 22.3. The number of carboxylic acids is 1. The summed E-state index contributed by atoms with van der Waals surface area (Å²) in [7, 11) is 0. The second-order valence-corrected chi connectivity index (χ2v) is 5.39. The van der Waals surface area contributed by atoms with E-state index in [1.165, 1.54) is 12.8 Å². The molecule has 3 N–H and O–H groups in total. The number of urea groups is 1. The Morgan fingerprint density at radius 1 is 1.43 bits per heavy atom. The second kappa shape index (κ2) is 6.97. The number of carbonyl (C=O) groups excluding carboxylic acids is 1. The monoisotopic (exact) mass is 292 g/mol. The third-order valence-electron chi connectivity index (χ3n) is 3.22. The molecular formula is C15H20N2O4. The predicted octanol–water partition coefficient (Wildman–Crippen LogP) is 2.46. The van der Waals surface area contributed by atoms with E-state index in [1.807, 2.05) is 6.92 Å². The molecule has 0 spiro atoms. The van der Waals surface area contributed by atoms with Crippen LogP contribution < -0.4 is 15.4 Å². The van der Waals surface area contributed by atoms with Crippen molar-refractivity contribution in [2.45, 2.75) is 32.2 Å². The van der Waals surface area contributed by atoms with Gasteiger partial charge < -0.3 is 20.5 Å². The molecule has 1 fully saturated rings. The summed E-state index contributed by atoms with van der Waals surface area (Å²) in [5, 5.41) is 14.2. The minimum absolute atomic E-state index is 0.143. The maximum Gasteiger partial charge on any atom is 0.341 e. The zero-order valence-corrected chi connectivity index (χ0v) is 12.0. The average Bonchev–Trinajstić information content (AvgIpc) is 3.20. The van der Waals surface area contributed by atoms with Crippen molar-refractivity contribution in [3.05, 3.63) is 24.3 Å². The summed E-state index contributed by atoms with van der Waals surface area (Å²) in [6, 6.07) is 6.53. The quantitative estimate of drug-likeness (QED) is 0.720. The maximum atomic E-state index is 11.8. The number of aliphatic carboxylic acids is 1. The number of ether oxygens (including phenoxy) is 1. The van der Waals surface area contributed by atoms with Gasteiger partial charge in [0.2, 0.25) is 0 Å². The molecule has 1 unspecified atom stereocenters. The van der Waals surface area contributed by atoms with Crippen LogP contribution in [0.2, 0.25) is 0 Å². The molecule has 1 aliphatic carbocycles. The van der Waals surface area contributed by atoms with Crippen molar-refractivity contribution in [1.82, 2.24) is 5.32 Å². The van der Waals surface area contributed by atoms with Crippen LogP contribution in [-0.2, 0) is 4.79 Å². The topological polar surface area (TPSA) is 87.7 Å². The third kappa shape index (κ3) is 5.72. The Bertz CT molecular complexity index is 514. The molecule has 21 heavy (non-hydrogen) atoms. The Hall–Kier alpha value is -2.24. The highest BCUT2D eigenvalue weighted by Crippen LogP contribution is 2.33. The van der Waals surface area contributed by atoms with Crippen LogP contribution in [0.4, 0.5) is 10.5 Å². The largest absolute Gasteiger partial charge is 0.482 e. The van der Waals surface area contributed by atoms with Gasteiger partial charge in [-0.1, -0.05) is 18.9 Å². The van der Waals surface area contributed by atoms with Crippen molar-refractivity contribution in [1.29, 1.82) is 0 Å². The highest BCUT2D eigenvalue weighted by atomic mass is 16.5. The van der Waals surface area contributed by atoms with E-state index in [2.05, 4.69) is 10.6 Å². The molecule has 2 amide bonds. The van der Waals surface area contributed by atoms with Crippen LogP contribution in [0.3, 0.4) is 0 Å². The molecule has 0 bridgehead atoms. The first-order valence-corrected chi connectivity index (χ1v) is 7.05. The molecule has 0 heterocycles. The van der Waals surface area contributed by atoms with E-state index in [4.69, 9.17) is 9.84 Å². The minimum Gasteiger partial charge on any atom is -0.482 e. The van der Waals surface area contributed by atoms with Gasteiger partial charge in [0.05, 0.1) is 0 Å². The van der Waals surface area contributed by atoms with E-state index in [0.717, 1.165) is 12.3 Å². The van der Waals surface area contributed by atoms with E-state index < -0.39 is 12.6 Å². The van der Waals surface area contributed by atoms with Crippen molar-refractivity contribution in [2.75, 3.05) is 11.9 Å². The highest BCUT2D eigenvalue weighted by molar-refractivity contribution is 5.89. The second-order valence-electron chi connectivity index (χ2n) is 5.39. The molecule has 6 nitrogen and oxygen atoms in total. The smallest absolute Gasteiger partial charge is 0.341 e. The summed E-state index contributed by atoms with van der Waals surface area (Å²) in [5.41, 5.74) is 0.564. The third-order valence-corrected chi connectivity index (χ3v) is 3.22. The van der Waals surface area contributed by atoms with Gasteiger partial charge in [0.15, 0.2) is 6.61 Å². The molecule has 1 aromatic rings. The lowest BCUT2D eigenvalue weighted by Gasteiger charge is -2.14. The van der Waals surface area contributed by atoms with Crippen molar-refractivity contribution in [3.8, 4) is 5.75 Å². The van der Waals surface area contributed by atoms with Crippen LogP contribution in [-0.4, -0.2) is 29.8 Å². The molecule has 6 heteroatoms. The van der Waals surface area contributed by atoms with Gasteiger partial charge in [0.25, 0.3) is 0 Å². The van der Waals surface area contributed by atoms with E-state index >= 15 is 0 Å². The fourth-order valence-corrected chi connectivity index (χ4v) is 2.11. The number of hydrogen-bond donors (Lipinski definition) is 3. The standard InChI is InChI=1S/C15H20N2O4/c1-10(7-11-5-6-11)16-15(20)17-12-3-2-4-13(8-12)21-9-14(18)19/h2-4,8,10-11H,5-7,9H2,1H3,(H,18,19)(H2,16,17,20). The minimum atomic E-state index is -1.04. The SMILES string of the molecule is CC(CC1CC1)NC(=O)Nc1cccc(OCC(=O)O)c1. The zero-order chi connectivity index (χ0) is 15.2. The molecule has 0 radical (unpaired) electrons. The van der Waals surface area contributed by atoms with Crippen LogP contribution in [0, 0.1) is 5.92 Å². The first-order valence-electron chi connectivity index (χ1n) is 7.05. The number of rotatable bonds is 7. The van der Waals surface area contributed by atoms with Crippen molar-refractivity contribution in [3.63, 3.8) is 0 Å². The molecular weight excluding hydrogens is 272 g/mol. The van der Waals surface area contributed by atoms with Gasteiger partial charge in [0.1, 0.15) is 5.75 Å². The van der Waals surface area contributed by atoms with Crippen LogP contribution in [0.25, 0.3) is 0 Å². The number of carbonyl (C=O) groups is 2. The van der Waals surface area contributed by atoms with Crippen LogP contribution in [0.15, 0.2) is 24.3 Å². The van der Waals surface area contributed by atoms with E-state index in [9.17, 15) is 9.59 Å². The molecule has 1 aliphatic rings. The average molecular weight is 292 g/mol. The number of hydrogen-bond acceptors (Lipinski definition) is 3. The molecule has 0 aliphatic heterocycles. The van der Waals surface area contributed by atoms with Crippen molar-refractivity contribution in [2.24, 2.45) is 5.92 Å². The summed E-state index contributed by atoms with van der Waals surface area (Å²) >= 11 is 0. The van der Waals surface area contributed by atoms with E-state index in [0.29, 0.717) is 11.4 Å². The molecule has 1 atom stereocenters. The van der Waals surface area contributed by atoms with Crippen molar-refractivity contribution < 1.29 is 19.4 Å². The Morgan fingerprint density at radius 3 is 2.86 bits per heavy atom. The molecule has 0 aromatic heterocycles. The fraction of sp³-hybridized carbons (Fsp3) is 0.467. The Morgan fingerprint density at radius 2 is 2.19 bits per heavy atom. The normalized spacial score (nSPS) is 15.1. The van der Waals surface area contributed by atoms with Gasteiger partial charge in [-0.3, -0.25) is 0 Å². The lowest BCUT2D eigenvalue weighted by atomic mass is 10.2. The summed E-state index contributed by atoms with van der Waals surface area (Å²) in [6.45, 7) is 1.58. The fourth-order valence-electron chi connectivity index (χ4n) is 2.11. The van der Waals surface area contributed by atoms with Gasteiger partial charge in [-0.05, 0) is 31.4 Å². The lowest BCUT2D eigenvalue weighted by molar-refractivity contribution is -0.139. The maximum absolute atomic E-state index is 11.8. The summed E-state index contributed by atoms with van der Waals surface area (Å²) in [5.74, 6) is 0.120. The molecule has 1 aromatic carbocycles. The Labute approximate surface area is 123 Å². The van der Waals surface area contributed by atoms with Gasteiger partial charge in [-0.2, -0.15) is 0 Å². The molecule has 0 saturated heterocycles. The van der Waals surface area contributed by atoms with Gasteiger partial charge >= 0.3 is 12.0 Å². The first kappa shape index (κ1) is 15.2. The first-order chi connectivity index (χ1) is 10.0. The molecule has 114 valence electrons. The number of benzene rings is 1. The Balaban J connectivity index is 1.81. The zero-order valence-electron chi connectivity index (χ0n) is 12.0. The number of nitrogens with one attached hydrogen (secondary N) is 2. The number of carboxylic acid groups (broad SMARTS) is 1. The van der Waals surface area contributed by atoms with Crippen LogP contribution in [0.5, 0.6) is 5.75 Å². The predicted molar refractivity (Wildman–Crippen MR) is 78.5 cm³/mol. The van der Waals surface area contributed by atoms with Gasteiger partial charge in [0, 0.05) is 17.8 Å². The summed E-state index contributed by atoms with van der Waals surface area (Å²) in [6.07, 6.45) is 3.53. The van der Waals surface area contributed by atoms with Crippen LogP contribution >= 0.6 is 0 Å². The van der Waals surface area contributed by atoms with Gasteiger partial charge in [-0.25, -0.2) is 9.59 Å². The number of anilines is 1. The summed E-state index contributed by atoms with van der Waals surface area (Å²) < 4.78 is 5.06. The van der Waals surface area contributed by atoms with Crippen molar-refractivity contribution >= 4 is 17.7 Å². The number of amides is 2.